The van der Waals surface area contributed by atoms with Crippen molar-refractivity contribution in [1.29, 1.82) is 0 Å². The molecule has 1 aliphatic rings. The topological polar surface area (TPSA) is 79.8 Å². The number of imidazole rings is 1. The molecule has 31 heavy (non-hydrogen) atoms. The number of aromatic nitrogens is 3. The van der Waals surface area contributed by atoms with Gasteiger partial charge in [-0.05, 0) is 49.1 Å². The highest BCUT2D eigenvalue weighted by atomic mass is 19.3. The zero-order valence-electron chi connectivity index (χ0n) is 16.6. The minimum atomic E-state index is -4.19. The Morgan fingerprint density at radius 2 is 2.06 bits per heavy atom. The molecule has 1 amide bonds. The number of H-pyrrole nitrogens is 1. The Bertz CT molecular complexity index is 1200. The summed E-state index contributed by atoms with van der Waals surface area (Å²) in [4.78, 5) is 31.3. The molecule has 1 saturated carbocycles. The number of carbonyl (C=O) groups is 1. The van der Waals surface area contributed by atoms with Gasteiger partial charge in [-0.25, -0.2) is 27.3 Å². The summed E-state index contributed by atoms with van der Waals surface area (Å²) in [5.41, 5.74) is 2.40. The molecule has 0 bridgehead atoms. The van der Waals surface area contributed by atoms with Gasteiger partial charge in [0.15, 0.2) is 5.65 Å². The number of aryl methyl sites for hydroxylation is 2. The maximum Gasteiger partial charge on any atom is 0.327 e. The number of nitrogens with one attached hydrogen (secondary N) is 2. The molecule has 2 aromatic heterocycles. The van der Waals surface area contributed by atoms with Crippen molar-refractivity contribution in [2.45, 2.75) is 51.1 Å². The third-order valence-corrected chi connectivity index (χ3v) is 5.32. The zero-order chi connectivity index (χ0) is 22.3. The zero-order valence-corrected chi connectivity index (χ0v) is 16.6. The Kier molecular flexibility index (Phi) is 5.32. The second-order valence-corrected chi connectivity index (χ2v) is 7.77. The molecule has 0 radical (unpaired) electrons. The normalized spacial score (nSPS) is 14.4. The highest BCUT2D eigenvalue weighted by Crippen LogP contribution is 2.29. The van der Waals surface area contributed by atoms with Crippen molar-refractivity contribution in [2.75, 3.05) is 0 Å². The van der Waals surface area contributed by atoms with Gasteiger partial charge in [0, 0.05) is 36.3 Å². The number of alkyl halides is 4. The van der Waals surface area contributed by atoms with Crippen LogP contribution in [0.1, 0.15) is 35.2 Å². The monoisotopic (exact) mass is 436 g/mol. The lowest BCUT2D eigenvalue weighted by molar-refractivity contribution is -0.134. The Labute approximate surface area is 174 Å². The van der Waals surface area contributed by atoms with Crippen molar-refractivity contribution < 1.29 is 22.4 Å². The Balaban J connectivity index is 1.64. The smallest absolute Gasteiger partial charge is 0.327 e. The van der Waals surface area contributed by atoms with E-state index in [1.54, 1.807) is 18.2 Å². The number of benzene rings is 1. The number of pyridine rings is 1. The van der Waals surface area contributed by atoms with Crippen molar-refractivity contribution >= 4 is 17.1 Å². The van der Waals surface area contributed by atoms with Crippen LogP contribution in [-0.4, -0.2) is 38.8 Å². The molecule has 164 valence electrons. The summed E-state index contributed by atoms with van der Waals surface area (Å²) >= 11 is 0. The number of aromatic amines is 1. The SMILES string of the molecule is Cc1ccc(C(=O)NC2CC2)cc1-c1cnc2c(c1)[nH]c(=O)n2CCC(F)(F)C(F)F. The first-order valence-electron chi connectivity index (χ1n) is 9.82. The Morgan fingerprint density at radius 3 is 2.74 bits per heavy atom. The van der Waals surface area contributed by atoms with Gasteiger partial charge in [-0.2, -0.15) is 0 Å². The van der Waals surface area contributed by atoms with E-state index in [0.717, 1.165) is 28.5 Å². The van der Waals surface area contributed by atoms with Crippen molar-refractivity contribution in [1.82, 2.24) is 19.9 Å². The number of carbonyl (C=O) groups excluding carboxylic acids is 1. The lowest BCUT2D eigenvalue weighted by atomic mass is 9.99. The lowest BCUT2D eigenvalue weighted by Gasteiger charge is -2.15. The second-order valence-electron chi connectivity index (χ2n) is 7.77. The van der Waals surface area contributed by atoms with E-state index in [4.69, 9.17) is 0 Å². The molecule has 1 fully saturated rings. The van der Waals surface area contributed by atoms with Crippen LogP contribution in [0, 0.1) is 6.92 Å². The first-order valence-corrected chi connectivity index (χ1v) is 9.82. The molecule has 0 unspecified atom stereocenters. The van der Waals surface area contributed by atoms with Crippen LogP contribution in [0.25, 0.3) is 22.3 Å². The fourth-order valence-electron chi connectivity index (χ4n) is 3.34. The summed E-state index contributed by atoms with van der Waals surface area (Å²) in [5.74, 6) is -4.36. The van der Waals surface area contributed by atoms with Crippen LogP contribution in [0.3, 0.4) is 0 Å². The summed E-state index contributed by atoms with van der Waals surface area (Å²) in [7, 11) is 0. The second kappa shape index (κ2) is 7.82. The number of rotatable bonds is 7. The molecule has 4 rings (SSSR count). The molecule has 0 saturated heterocycles. The van der Waals surface area contributed by atoms with E-state index in [9.17, 15) is 27.2 Å². The van der Waals surface area contributed by atoms with Gasteiger partial charge in [-0.3, -0.25) is 9.36 Å². The average molecular weight is 436 g/mol. The highest BCUT2D eigenvalue weighted by Gasteiger charge is 2.40. The molecule has 10 heteroatoms. The predicted octanol–water partition coefficient (Wildman–Crippen LogP) is 3.88. The van der Waals surface area contributed by atoms with Gasteiger partial charge >= 0.3 is 18.0 Å². The number of amides is 1. The first-order chi connectivity index (χ1) is 14.7. The van der Waals surface area contributed by atoms with Gasteiger partial charge in [0.05, 0.1) is 5.52 Å². The van der Waals surface area contributed by atoms with E-state index in [1.807, 2.05) is 13.0 Å². The molecular weight excluding hydrogens is 416 g/mol. The first kappa shape index (κ1) is 21.1. The summed E-state index contributed by atoms with van der Waals surface area (Å²) in [6, 6.07) is 7.11. The van der Waals surface area contributed by atoms with Crippen LogP contribution < -0.4 is 11.0 Å². The number of fused-ring (bicyclic) bond motifs is 1. The lowest BCUT2D eigenvalue weighted by Crippen LogP contribution is -2.30. The Morgan fingerprint density at radius 1 is 1.32 bits per heavy atom. The highest BCUT2D eigenvalue weighted by molar-refractivity contribution is 5.96. The van der Waals surface area contributed by atoms with Gasteiger partial charge in [0.1, 0.15) is 0 Å². The minimum absolute atomic E-state index is 0.0964. The van der Waals surface area contributed by atoms with E-state index in [0.29, 0.717) is 11.1 Å². The number of halogens is 4. The number of nitrogens with zero attached hydrogens (tertiary/aromatic N) is 2. The van der Waals surface area contributed by atoms with Gasteiger partial charge in [-0.15, -0.1) is 0 Å². The standard InChI is InChI=1S/C21H20F4N4O2/c1-11-2-3-12(18(30)27-14-4-5-14)8-15(11)13-9-16-17(26-10-13)29(20(31)28-16)7-6-21(24,25)19(22)23/h2-3,8-10,14,19H,4-7H2,1H3,(H,27,30)(H,28,31). The van der Waals surface area contributed by atoms with Gasteiger partial charge in [0.25, 0.3) is 5.91 Å². The van der Waals surface area contributed by atoms with E-state index >= 15 is 0 Å². The van der Waals surface area contributed by atoms with Crippen LogP contribution in [0.15, 0.2) is 35.3 Å². The molecule has 0 spiro atoms. The van der Waals surface area contributed by atoms with Crippen LogP contribution in [0.4, 0.5) is 17.6 Å². The quantitative estimate of drug-likeness (QED) is 0.552. The van der Waals surface area contributed by atoms with Crippen molar-refractivity contribution in [3.8, 4) is 11.1 Å². The van der Waals surface area contributed by atoms with Gasteiger partial charge in [0.2, 0.25) is 0 Å². The third-order valence-electron chi connectivity index (χ3n) is 5.32. The van der Waals surface area contributed by atoms with E-state index in [2.05, 4.69) is 15.3 Å². The average Bonchev–Trinajstić information content (AvgIpc) is 3.47. The third kappa shape index (κ3) is 4.33. The van der Waals surface area contributed by atoms with Crippen molar-refractivity contribution in [3.05, 3.63) is 52.1 Å². The van der Waals surface area contributed by atoms with Crippen LogP contribution in [-0.2, 0) is 6.54 Å². The largest absolute Gasteiger partial charge is 0.349 e. The summed E-state index contributed by atoms with van der Waals surface area (Å²) in [6.45, 7) is 1.26. The molecular formula is C21H20F4N4O2. The predicted molar refractivity (Wildman–Crippen MR) is 107 cm³/mol. The van der Waals surface area contributed by atoms with E-state index < -0.39 is 31.0 Å². The molecule has 1 aromatic carbocycles. The molecule has 1 aliphatic carbocycles. The van der Waals surface area contributed by atoms with Crippen LogP contribution in [0.5, 0.6) is 0 Å². The fourth-order valence-corrected chi connectivity index (χ4v) is 3.34. The Hall–Kier alpha value is -3.17. The molecule has 3 aromatic rings. The number of hydrogen-bond acceptors (Lipinski definition) is 3. The van der Waals surface area contributed by atoms with Gasteiger partial charge in [-0.1, -0.05) is 6.07 Å². The fraction of sp³-hybridized carbons (Fsp3) is 0.381. The van der Waals surface area contributed by atoms with Crippen LogP contribution in [0.2, 0.25) is 0 Å². The van der Waals surface area contributed by atoms with Crippen molar-refractivity contribution in [3.63, 3.8) is 0 Å². The molecule has 2 heterocycles. The molecule has 0 aliphatic heterocycles. The summed E-state index contributed by atoms with van der Waals surface area (Å²) in [5, 5.41) is 2.92. The van der Waals surface area contributed by atoms with E-state index in [1.165, 1.54) is 6.20 Å². The van der Waals surface area contributed by atoms with Crippen molar-refractivity contribution in [2.24, 2.45) is 0 Å². The van der Waals surface area contributed by atoms with Crippen LogP contribution >= 0.6 is 0 Å². The summed E-state index contributed by atoms with van der Waals surface area (Å²) in [6.07, 6.45) is -1.59. The number of hydrogen-bond donors (Lipinski definition) is 2. The molecule has 2 N–H and O–H groups in total. The maximum absolute atomic E-state index is 13.3. The summed E-state index contributed by atoms with van der Waals surface area (Å²) < 4.78 is 52.2. The molecule has 6 nitrogen and oxygen atoms in total. The molecule has 0 atom stereocenters. The van der Waals surface area contributed by atoms with Gasteiger partial charge < -0.3 is 10.3 Å². The minimum Gasteiger partial charge on any atom is -0.349 e. The maximum atomic E-state index is 13.3. The van der Waals surface area contributed by atoms with E-state index in [-0.39, 0.29) is 23.1 Å².